The lowest BCUT2D eigenvalue weighted by molar-refractivity contribution is 0.166. The summed E-state index contributed by atoms with van der Waals surface area (Å²) in [6.45, 7) is 6.94. The van der Waals surface area contributed by atoms with Crippen LogP contribution in [0.25, 0.3) is 10.8 Å². The van der Waals surface area contributed by atoms with Gasteiger partial charge in [0.05, 0.1) is 19.7 Å². The number of aliphatic imine (C=N–C) groups is 1. The van der Waals surface area contributed by atoms with E-state index in [0.717, 1.165) is 0 Å². The van der Waals surface area contributed by atoms with Crippen molar-refractivity contribution in [2.45, 2.75) is 32.4 Å². The fraction of sp³-hybridized carbons (Fsp3) is 0.368. The Morgan fingerprint density at radius 1 is 1.21 bits per heavy atom. The topological polar surface area (TPSA) is 53.9 Å². The summed E-state index contributed by atoms with van der Waals surface area (Å²) in [4.78, 5) is 18.3. The van der Waals surface area contributed by atoms with Crippen LogP contribution in [0.4, 0.5) is 4.79 Å². The lowest BCUT2D eigenvalue weighted by Crippen LogP contribution is -2.51. The average molecular weight is 325 g/mol. The van der Waals surface area contributed by atoms with Crippen LogP contribution in [0.15, 0.2) is 47.5 Å². The molecule has 5 nitrogen and oxygen atoms in total. The van der Waals surface area contributed by atoms with Crippen LogP contribution < -0.4 is 5.32 Å². The number of alkyl carbamates (subject to hydrolysis) is 1. The van der Waals surface area contributed by atoms with Gasteiger partial charge in [0.15, 0.2) is 0 Å². The Labute approximate surface area is 142 Å². The summed E-state index contributed by atoms with van der Waals surface area (Å²) in [7, 11) is 1.35. The van der Waals surface area contributed by atoms with Crippen molar-refractivity contribution in [3.63, 3.8) is 0 Å². The zero-order valence-electron chi connectivity index (χ0n) is 14.5. The van der Waals surface area contributed by atoms with Crippen LogP contribution in [0.2, 0.25) is 0 Å². The molecule has 126 valence electrons. The van der Waals surface area contributed by atoms with Gasteiger partial charge in [0.2, 0.25) is 5.96 Å². The predicted molar refractivity (Wildman–Crippen MR) is 96.1 cm³/mol. The van der Waals surface area contributed by atoms with Gasteiger partial charge in [0.1, 0.15) is 0 Å². The highest BCUT2D eigenvalue weighted by atomic mass is 16.5. The number of carbonyl (C=O) groups excluding carboxylic acids is 1. The lowest BCUT2D eigenvalue weighted by Gasteiger charge is -2.39. The minimum absolute atomic E-state index is 0.0850. The SMILES string of the molecule is COC(=O)NC1=NCC(c2ccc3ccccc3c2)N1C(C)(C)C. The number of benzene rings is 2. The summed E-state index contributed by atoms with van der Waals surface area (Å²) in [5.41, 5.74) is 1.00. The molecule has 24 heavy (non-hydrogen) atoms. The van der Waals surface area contributed by atoms with Gasteiger partial charge in [0.25, 0.3) is 0 Å². The summed E-state index contributed by atoms with van der Waals surface area (Å²) in [6, 6.07) is 14.9. The molecule has 1 aliphatic heterocycles. The number of carbonyl (C=O) groups is 1. The molecule has 0 spiro atoms. The highest BCUT2D eigenvalue weighted by Gasteiger charge is 2.37. The number of hydrogen-bond donors (Lipinski definition) is 1. The van der Waals surface area contributed by atoms with E-state index in [9.17, 15) is 4.79 Å². The number of nitrogens with one attached hydrogen (secondary N) is 1. The maximum Gasteiger partial charge on any atom is 0.413 e. The van der Waals surface area contributed by atoms with Gasteiger partial charge in [-0.15, -0.1) is 0 Å². The van der Waals surface area contributed by atoms with Crippen molar-refractivity contribution in [2.24, 2.45) is 4.99 Å². The van der Waals surface area contributed by atoms with E-state index in [-0.39, 0.29) is 11.6 Å². The third-order valence-corrected chi connectivity index (χ3v) is 4.23. The molecule has 0 fully saturated rings. The number of fused-ring (bicyclic) bond motifs is 1. The van der Waals surface area contributed by atoms with E-state index in [2.05, 4.69) is 66.3 Å². The Kier molecular flexibility index (Phi) is 4.18. The van der Waals surface area contributed by atoms with Gasteiger partial charge in [-0.1, -0.05) is 36.4 Å². The van der Waals surface area contributed by atoms with Crippen LogP contribution >= 0.6 is 0 Å². The molecular formula is C19H23N3O2. The molecule has 0 bridgehead atoms. The smallest absolute Gasteiger partial charge is 0.413 e. The molecular weight excluding hydrogens is 302 g/mol. The minimum atomic E-state index is -0.498. The van der Waals surface area contributed by atoms with Crippen molar-refractivity contribution in [3.8, 4) is 0 Å². The van der Waals surface area contributed by atoms with Crippen molar-refractivity contribution < 1.29 is 9.53 Å². The first-order chi connectivity index (χ1) is 11.4. The summed E-state index contributed by atoms with van der Waals surface area (Å²) >= 11 is 0. The molecule has 1 atom stereocenters. The Hall–Kier alpha value is -2.56. The van der Waals surface area contributed by atoms with Crippen LogP contribution in [0.3, 0.4) is 0 Å². The van der Waals surface area contributed by atoms with Crippen LogP contribution in [0.5, 0.6) is 0 Å². The number of rotatable bonds is 1. The second-order valence-corrected chi connectivity index (χ2v) is 6.94. The molecule has 0 radical (unpaired) electrons. The molecule has 1 unspecified atom stereocenters. The zero-order chi connectivity index (χ0) is 17.3. The van der Waals surface area contributed by atoms with Gasteiger partial charge < -0.3 is 9.64 Å². The number of amides is 1. The fourth-order valence-electron chi connectivity index (χ4n) is 3.18. The summed E-state index contributed by atoms with van der Waals surface area (Å²) in [6.07, 6.45) is -0.498. The van der Waals surface area contributed by atoms with E-state index in [1.54, 1.807) is 0 Å². The molecule has 1 amide bonds. The van der Waals surface area contributed by atoms with Crippen LogP contribution in [-0.2, 0) is 4.74 Å². The molecule has 1 N–H and O–H groups in total. The van der Waals surface area contributed by atoms with Crippen LogP contribution in [-0.4, -0.2) is 36.1 Å². The molecule has 2 aromatic carbocycles. The van der Waals surface area contributed by atoms with E-state index in [4.69, 9.17) is 4.74 Å². The van der Waals surface area contributed by atoms with Crippen molar-refractivity contribution in [3.05, 3.63) is 48.0 Å². The third-order valence-electron chi connectivity index (χ3n) is 4.23. The van der Waals surface area contributed by atoms with Gasteiger partial charge in [-0.05, 0) is 43.2 Å². The second kappa shape index (κ2) is 6.15. The number of ether oxygens (including phenoxy) is 1. The molecule has 0 saturated carbocycles. The molecule has 5 heteroatoms. The molecule has 0 aromatic heterocycles. The largest absolute Gasteiger partial charge is 0.453 e. The van der Waals surface area contributed by atoms with Gasteiger partial charge in [-0.2, -0.15) is 0 Å². The quantitative estimate of drug-likeness (QED) is 0.869. The highest BCUT2D eigenvalue weighted by molar-refractivity contribution is 5.95. The van der Waals surface area contributed by atoms with Gasteiger partial charge >= 0.3 is 6.09 Å². The average Bonchev–Trinajstić information content (AvgIpc) is 2.98. The van der Waals surface area contributed by atoms with E-state index >= 15 is 0 Å². The Balaban J connectivity index is 1.95. The molecule has 2 aromatic rings. The van der Waals surface area contributed by atoms with Crippen molar-refractivity contribution in [2.75, 3.05) is 13.7 Å². The number of methoxy groups -OCH3 is 1. The third kappa shape index (κ3) is 3.07. The number of guanidine groups is 1. The van der Waals surface area contributed by atoms with E-state index in [1.807, 2.05) is 12.1 Å². The first-order valence-corrected chi connectivity index (χ1v) is 8.07. The normalized spacial score (nSPS) is 17.8. The molecule has 0 aliphatic carbocycles. The molecule has 1 aliphatic rings. The van der Waals surface area contributed by atoms with Gasteiger partial charge in [-0.3, -0.25) is 10.3 Å². The van der Waals surface area contributed by atoms with E-state index in [0.29, 0.717) is 12.5 Å². The van der Waals surface area contributed by atoms with E-state index in [1.165, 1.54) is 23.4 Å². The van der Waals surface area contributed by atoms with Crippen LogP contribution in [0, 0.1) is 0 Å². The monoisotopic (exact) mass is 325 g/mol. The fourth-order valence-corrected chi connectivity index (χ4v) is 3.18. The first kappa shape index (κ1) is 16.3. The van der Waals surface area contributed by atoms with Crippen molar-refractivity contribution >= 4 is 22.8 Å². The standard InChI is InChI=1S/C19H23N3O2/c1-19(2,3)22-16(12-20-17(22)21-18(23)24-4)15-10-9-13-7-5-6-8-14(13)11-15/h5-11,16H,12H2,1-4H3,(H,20,21,23). The summed E-state index contributed by atoms with van der Waals surface area (Å²) in [5, 5.41) is 5.16. The van der Waals surface area contributed by atoms with E-state index < -0.39 is 6.09 Å². The predicted octanol–water partition coefficient (Wildman–Crippen LogP) is 3.71. The Morgan fingerprint density at radius 2 is 1.92 bits per heavy atom. The second-order valence-electron chi connectivity index (χ2n) is 6.94. The Bertz CT molecular complexity index is 793. The maximum atomic E-state index is 11.6. The summed E-state index contributed by atoms with van der Waals surface area (Å²) < 4.78 is 4.71. The number of hydrogen-bond acceptors (Lipinski definition) is 4. The molecule has 3 rings (SSSR count). The van der Waals surface area contributed by atoms with Gasteiger partial charge in [-0.25, -0.2) is 4.79 Å². The minimum Gasteiger partial charge on any atom is -0.453 e. The van der Waals surface area contributed by atoms with Gasteiger partial charge in [0, 0.05) is 5.54 Å². The number of nitrogens with zero attached hydrogens (tertiary/aromatic N) is 2. The van der Waals surface area contributed by atoms with Crippen LogP contribution in [0.1, 0.15) is 32.4 Å². The molecule has 1 heterocycles. The van der Waals surface area contributed by atoms with Crippen molar-refractivity contribution in [1.82, 2.24) is 10.2 Å². The lowest BCUT2D eigenvalue weighted by atomic mass is 9.97. The molecule has 0 saturated heterocycles. The first-order valence-electron chi connectivity index (χ1n) is 8.07. The van der Waals surface area contributed by atoms with Crippen molar-refractivity contribution in [1.29, 1.82) is 0 Å². The highest BCUT2D eigenvalue weighted by Crippen LogP contribution is 2.34. The Morgan fingerprint density at radius 3 is 2.58 bits per heavy atom. The maximum absolute atomic E-state index is 11.6. The zero-order valence-corrected chi connectivity index (χ0v) is 14.5. The summed E-state index contributed by atoms with van der Waals surface area (Å²) in [5.74, 6) is 0.563.